The number of rotatable bonds is 4. The zero-order valence-electron chi connectivity index (χ0n) is 9.04. The van der Waals surface area contributed by atoms with E-state index in [4.69, 9.17) is 5.11 Å². The maximum absolute atomic E-state index is 10.9. The van der Waals surface area contributed by atoms with E-state index in [-0.39, 0.29) is 11.4 Å². The molecule has 88 valence electrons. The van der Waals surface area contributed by atoms with Crippen molar-refractivity contribution < 1.29 is 9.90 Å². The van der Waals surface area contributed by atoms with Crippen molar-refractivity contribution in [3.8, 4) is 0 Å². The van der Waals surface area contributed by atoms with Crippen molar-refractivity contribution in [2.75, 3.05) is 5.32 Å². The average molecular weight is 250 g/mol. The van der Waals surface area contributed by atoms with E-state index >= 15 is 0 Å². The molecule has 2 aromatic heterocycles. The second kappa shape index (κ2) is 4.88. The third-order valence-corrected chi connectivity index (χ3v) is 3.15. The number of carboxylic acid groups (broad SMARTS) is 1. The van der Waals surface area contributed by atoms with E-state index in [9.17, 15) is 4.79 Å². The molecule has 0 atom stereocenters. The highest BCUT2D eigenvalue weighted by Crippen LogP contribution is 2.16. The summed E-state index contributed by atoms with van der Waals surface area (Å²) in [4.78, 5) is 16.1. The first-order chi connectivity index (χ1) is 8.18. The Morgan fingerprint density at radius 3 is 3.06 bits per heavy atom. The molecule has 2 rings (SSSR count). The van der Waals surface area contributed by atoms with Crippen LogP contribution < -0.4 is 5.32 Å². The molecule has 7 heteroatoms. The van der Waals surface area contributed by atoms with Gasteiger partial charge in [0.2, 0.25) is 0 Å². The van der Waals surface area contributed by atoms with Gasteiger partial charge in [0.1, 0.15) is 5.56 Å². The van der Waals surface area contributed by atoms with Crippen LogP contribution in [0, 0.1) is 6.92 Å². The molecule has 0 saturated heterocycles. The predicted octanol–water partition coefficient (Wildman–Crippen LogP) is 1.55. The van der Waals surface area contributed by atoms with Gasteiger partial charge >= 0.3 is 5.97 Å². The summed E-state index contributed by atoms with van der Waals surface area (Å²) in [7, 11) is 0. The maximum Gasteiger partial charge on any atom is 0.339 e. The molecule has 2 heterocycles. The van der Waals surface area contributed by atoms with Crippen molar-refractivity contribution in [1.82, 2.24) is 15.2 Å². The molecule has 0 saturated carbocycles. The van der Waals surface area contributed by atoms with Gasteiger partial charge in [0.25, 0.3) is 0 Å². The highest BCUT2D eigenvalue weighted by molar-refractivity contribution is 7.09. The van der Waals surface area contributed by atoms with Crippen LogP contribution in [0.3, 0.4) is 0 Å². The van der Waals surface area contributed by atoms with Gasteiger partial charge in [0.15, 0.2) is 5.82 Å². The molecule has 0 aliphatic heterocycles. The number of nitrogens with one attached hydrogen (secondary N) is 1. The van der Waals surface area contributed by atoms with Crippen molar-refractivity contribution in [2.24, 2.45) is 0 Å². The van der Waals surface area contributed by atoms with Gasteiger partial charge in [-0.25, -0.2) is 9.78 Å². The molecular weight excluding hydrogens is 240 g/mol. The third kappa shape index (κ3) is 2.56. The molecule has 2 aromatic rings. The molecule has 0 fully saturated rings. The molecule has 0 amide bonds. The second-order valence-electron chi connectivity index (χ2n) is 3.31. The summed E-state index contributed by atoms with van der Waals surface area (Å²) in [6.07, 6.45) is 1.35. The lowest BCUT2D eigenvalue weighted by molar-refractivity contribution is 0.0697. The van der Waals surface area contributed by atoms with Crippen LogP contribution in [0.1, 0.15) is 20.9 Å². The van der Waals surface area contributed by atoms with Crippen LogP contribution in [0.5, 0.6) is 0 Å². The van der Waals surface area contributed by atoms with Gasteiger partial charge in [-0.05, 0) is 13.0 Å². The van der Waals surface area contributed by atoms with Crippen LogP contribution in [0.4, 0.5) is 5.82 Å². The molecule has 0 unspecified atom stereocenters. The highest BCUT2D eigenvalue weighted by Gasteiger charge is 2.11. The number of thiazole rings is 1. The van der Waals surface area contributed by atoms with Crippen LogP contribution in [0.2, 0.25) is 0 Å². The number of nitrogens with zero attached hydrogens (tertiary/aromatic N) is 3. The highest BCUT2D eigenvalue weighted by atomic mass is 32.1. The van der Waals surface area contributed by atoms with Crippen molar-refractivity contribution >= 4 is 23.1 Å². The summed E-state index contributed by atoms with van der Waals surface area (Å²) in [5, 5.41) is 19.3. The molecule has 0 bridgehead atoms. The Hall–Kier alpha value is -2.02. The summed E-state index contributed by atoms with van der Waals surface area (Å²) in [5.74, 6) is -0.753. The first-order valence-electron chi connectivity index (χ1n) is 4.86. The van der Waals surface area contributed by atoms with Gasteiger partial charge in [-0.2, -0.15) is 5.10 Å². The fourth-order valence-corrected chi connectivity index (χ4v) is 2.01. The SMILES string of the molecule is Cc1ncsc1CNc1nnccc1C(=O)O. The summed E-state index contributed by atoms with van der Waals surface area (Å²) in [6, 6.07) is 1.41. The number of hydrogen-bond acceptors (Lipinski definition) is 6. The number of aromatic nitrogens is 3. The zero-order chi connectivity index (χ0) is 12.3. The minimum absolute atomic E-state index is 0.113. The van der Waals surface area contributed by atoms with Crippen molar-refractivity contribution in [2.45, 2.75) is 13.5 Å². The van der Waals surface area contributed by atoms with Crippen molar-refractivity contribution in [3.63, 3.8) is 0 Å². The predicted molar refractivity (Wildman–Crippen MR) is 63.2 cm³/mol. The lowest BCUT2D eigenvalue weighted by Gasteiger charge is -2.06. The van der Waals surface area contributed by atoms with Gasteiger partial charge in [-0.15, -0.1) is 16.4 Å². The molecule has 6 nitrogen and oxygen atoms in total. The summed E-state index contributed by atoms with van der Waals surface area (Å²) < 4.78 is 0. The lowest BCUT2D eigenvalue weighted by Crippen LogP contribution is -2.09. The number of aromatic carboxylic acids is 1. The monoisotopic (exact) mass is 250 g/mol. The normalized spacial score (nSPS) is 10.2. The topological polar surface area (TPSA) is 88.0 Å². The first-order valence-corrected chi connectivity index (χ1v) is 5.74. The smallest absolute Gasteiger partial charge is 0.339 e. The van der Waals surface area contributed by atoms with Crippen LogP contribution in [0.15, 0.2) is 17.8 Å². The third-order valence-electron chi connectivity index (χ3n) is 2.21. The Morgan fingerprint density at radius 2 is 2.41 bits per heavy atom. The Balaban J connectivity index is 2.14. The van der Waals surface area contributed by atoms with Crippen LogP contribution in [-0.4, -0.2) is 26.3 Å². The van der Waals surface area contributed by atoms with Crippen molar-refractivity contribution in [3.05, 3.63) is 33.9 Å². The number of anilines is 1. The Labute approximate surface area is 101 Å². The second-order valence-corrected chi connectivity index (χ2v) is 4.25. The minimum atomic E-state index is -1.02. The Morgan fingerprint density at radius 1 is 1.59 bits per heavy atom. The van der Waals surface area contributed by atoms with E-state index in [2.05, 4.69) is 20.5 Å². The minimum Gasteiger partial charge on any atom is -0.478 e. The van der Waals surface area contributed by atoms with E-state index in [1.807, 2.05) is 6.92 Å². The standard InChI is InChI=1S/C10H10N4O2S/c1-6-8(17-5-12-6)4-11-9-7(10(15)16)2-3-13-14-9/h2-3,5H,4H2,1H3,(H,11,14)(H,15,16). The summed E-state index contributed by atoms with van der Waals surface area (Å²) >= 11 is 1.51. The molecule has 0 aliphatic carbocycles. The van der Waals surface area contributed by atoms with Crippen LogP contribution in [-0.2, 0) is 6.54 Å². The van der Waals surface area contributed by atoms with E-state index in [0.29, 0.717) is 6.54 Å². The number of carboxylic acids is 1. The molecule has 2 N–H and O–H groups in total. The van der Waals surface area contributed by atoms with Crippen LogP contribution in [0.25, 0.3) is 0 Å². The van der Waals surface area contributed by atoms with Gasteiger partial charge < -0.3 is 10.4 Å². The molecule has 0 aromatic carbocycles. The largest absolute Gasteiger partial charge is 0.478 e. The number of carbonyl (C=O) groups is 1. The van der Waals surface area contributed by atoms with Crippen LogP contribution >= 0.6 is 11.3 Å². The van der Waals surface area contributed by atoms with Gasteiger partial charge in [-0.3, -0.25) is 0 Å². The van der Waals surface area contributed by atoms with Gasteiger partial charge in [-0.1, -0.05) is 0 Å². The van der Waals surface area contributed by atoms with E-state index < -0.39 is 5.97 Å². The Bertz CT molecular complexity index is 541. The van der Waals surface area contributed by atoms with Gasteiger partial charge in [0.05, 0.1) is 23.9 Å². The molecule has 0 spiro atoms. The fraction of sp³-hybridized carbons (Fsp3) is 0.200. The molecule has 17 heavy (non-hydrogen) atoms. The molecule has 0 radical (unpaired) electrons. The van der Waals surface area contributed by atoms with Gasteiger partial charge in [0, 0.05) is 4.88 Å². The summed E-state index contributed by atoms with van der Waals surface area (Å²) in [6.45, 7) is 2.40. The van der Waals surface area contributed by atoms with E-state index in [1.165, 1.54) is 23.6 Å². The van der Waals surface area contributed by atoms with E-state index in [1.54, 1.807) is 5.51 Å². The lowest BCUT2D eigenvalue weighted by atomic mass is 10.3. The average Bonchev–Trinajstić information content (AvgIpc) is 2.72. The van der Waals surface area contributed by atoms with Crippen molar-refractivity contribution in [1.29, 1.82) is 0 Å². The quantitative estimate of drug-likeness (QED) is 0.856. The number of hydrogen-bond donors (Lipinski definition) is 2. The maximum atomic E-state index is 10.9. The number of aryl methyl sites for hydroxylation is 1. The first kappa shape index (κ1) is 11.5. The molecule has 0 aliphatic rings. The van der Waals surface area contributed by atoms with E-state index in [0.717, 1.165) is 10.6 Å². The fourth-order valence-electron chi connectivity index (χ4n) is 1.29. The molecular formula is C10H10N4O2S. The Kier molecular flexibility index (Phi) is 3.29. The zero-order valence-corrected chi connectivity index (χ0v) is 9.86. The summed E-state index contributed by atoms with van der Waals surface area (Å²) in [5.41, 5.74) is 2.80.